The first kappa shape index (κ1) is 19.8. The normalized spacial score (nSPS) is 15.4. The maximum Gasteiger partial charge on any atom is 0.573 e. The van der Waals surface area contributed by atoms with Crippen LogP contribution < -0.4 is 15.0 Å². The van der Waals surface area contributed by atoms with Crippen LogP contribution in [-0.2, 0) is 0 Å². The Morgan fingerprint density at radius 1 is 1.14 bits per heavy atom. The second-order valence-electron chi connectivity index (χ2n) is 6.52. The van der Waals surface area contributed by atoms with Crippen LogP contribution in [0.4, 0.5) is 13.2 Å². The van der Waals surface area contributed by atoms with Gasteiger partial charge in [-0.3, -0.25) is 9.59 Å². The van der Waals surface area contributed by atoms with Gasteiger partial charge in [0.15, 0.2) is 0 Å². The number of carbonyl (C=O) groups excluding carboxylic acids is 1. The van der Waals surface area contributed by atoms with Crippen molar-refractivity contribution >= 4 is 5.91 Å². The number of carbonyl (C=O) groups is 1. The van der Waals surface area contributed by atoms with E-state index in [1.807, 2.05) is 0 Å². The van der Waals surface area contributed by atoms with E-state index in [2.05, 4.69) is 9.72 Å². The smallest absolute Gasteiger partial charge is 0.490 e. The van der Waals surface area contributed by atoms with Gasteiger partial charge in [-0.25, -0.2) is 0 Å². The predicted molar refractivity (Wildman–Crippen MR) is 94.5 cm³/mol. The Morgan fingerprint density at radius 2 is 1.82 bits per heavy atom. The summed E-state index contributed by atoms with van der Waals surface area (Å²) in [5.74, 6) is -0.432. The lowest BCUT2D eigenvalue weighted by Crippen LogP contribution is -2.43. The highest BCUT2D eigenvalue weighted by Crippen LogP contribution is 2.27. The van der Waals surface area contributed by atoms with Gasteiger partial charge in [0.2, 0.25) is 0 Å². The summed E-state index contributed by atoms with van der Waals surface area (Å²) in [7, 11) is 0. The first-order valence-electron chi connectivity index (χ1n) is 8.73. The summed E-state index contributed by atoms with van der Waals surface area (Å²) in [5, 5.41) is 0. The predicted octanol–water partition coefficient (Wildman–Crippen LogP) is 3.27. The summed E-state index contributed by atoms with van der Waals surface area (Å²) in [6.45, 7) is 2.50. The molecule has 1 aliphatic heterocycles. The highest BCUT2D eigenvalue weighted by Gasteiger charge is 2.31. The number of benzene rings is 1. The molecule has 1 saturated heterocycles. The number of nitrogens with zero attached hydrogens (tertiary/aromatic N) is 1. The standard InChI is InChI=1S/C19H19F3N2O4/c1-12-5-6-16(17(25)23-12)18(26)24-9-7-13(8-10-24)27-14-3-2-4-15(11-14)28-19(20,21)22/h2-6,11,13H,7-10H2,1H3,(H,23,25). The Hall–Kier alpha value is -2.97. The minimum atomic E-state index is -4.77. The second-order valence-corrected chi connectivity index (χ2v) is 6.52. The Morgan fingerprint density at radius 3 is 2.46 bits per heavy atom. The molecule has 1 aliphatic rings. The van der Waals surface area contributed by atoms with E-state index in [4.69, 9.17) is 4.74 Å². The molecule has 0 atom stereocenters. The molecule has 28 heavy (non-hydrogen) atoms. The number of aromatic amines is 1. The molecule has 150 valence electrons. The SMILES string of the molecule is Cc1ccc(C(=O)N2CCC(Oc3cccc(OC(F)(F)F)c3)CC2)c(=O)[nH]1. The van der Waals surface area contributed by atoms with Crippen LogP contribution in [0.2, 0.25) is 0 Å². The zero-order valence-electron chi connectivity index (χ0n) is 15.1. The third kappa shape index (κ3) is 5.05. The van der Waals surface area contributed by atoms with E-state index >= 15 is 0 Å². The van der Waals surface area contributed by atoms with Gasteiger partial charge in [-0.05, 0) is 31.2 Å². The number of hydrogen-bond donors (Lipinski definition) is 1. The van der Waals surface area contributed by atoms with E-state index in [0.717, 1.165) is 0 Å². The van der Waals surface area contributed by atoms with Crippen LogP contribution in [0.15, 0.2) is 41.2 Å². The molecule has 0 radical (unpaired) electrons. The van der Waals surface area contributed by atoms with Gasteiger partial charge in [-0.1, -0.05) is 6.07 Å². The number of amides is 1. The Bertz CT molecular complexity index is 903. The van der Waals surface area contributed by atoms with Crippen molar-refractivity contribution in [2.75, 3.05) is 13.1 Å². The summed E-state index contributed by atoms with van der Waals surface area (Å²) in [6.07, 6.45) is -4.01. The average molecular weight is 396 g/mol. The minimum Gasteiger partial charge on any atom is -0.490 e. The topological polar surface area (TPSA) is 71.6 Å². The highest BCUT2D eigenvalue weighted by molar-refractivity contribution is 5.93. The minimum absolute atomic E-state index is 0.0852. The number of hydrogen-bond acceptors (Lipinski definition) is 4. The van der Waals surface area contributed by atoms with Crippen LogP contribution in [0.1, 0.15) is 28.9 Å². The van der Waals surface area contributed by atoms with Gasteiger partial charge in [0.25, 0.3) is 11.5 Å². The number of aryl methyl sites for hydroxylation is 1. The molecule has 1 aromatic heterocycles. The van der Waals surface area contributed by atoms with Crippen LogP contribution in [0.25, 0.3) is 0 Å². The fourth-order valence-corrected chi connectivity index (χ4v) is 3.02. The van der Waals surface area contributed by atoms with Crippen LogP contribution in [0.3, 0.4) is 0 Å². The van der Waals surface area contributed by atoms with E-state index in [1.165, 1.54) is 24.3 Å². The van der Waals surface area contributed by atoms with Crippen molar-refractivity contribution < 1.29 is 27.4 Å². The summed E-state index contributed by atoms with van der Waals surface area (Å²) < 4.78 is 46.6. The van der Waals surface area contributed by atoms with Gasteiger partial charge in [-0.2, -0.15) is 0 Å². The van der Waals surface area contributed by atoms with Crippen molar-refractivity contribution in [3.05, 3.63) is 58.0 Å². The zero-order valence-corrected chi connectivity index (χ0v) is 15.1. The zero-order chi connectivity index (χ0) is 20.3. The van der Waals surface area contributed by atoms with Gasteiger partial charge in [-0.15, -0.1) is 13.2 Å². The number of H-pyrrole nitrogens is 1. The lowest BCUT2D eigenvalue weighted by Gasteiger charge is -2.32. The molecule has 0 bridgehead atoms. The van der Waals surface area contributed by atoms with Crippen molar-refractivity contribution in [1.82, 2.24) is 9.88 Å². The van der Waals surface area contributed by atoms with Crippen LogP contribution in [-0.4, -0.2) is 41.3 Å². The molecule has 6 nitrogen and oxygen atoms in total. The molecule has 0 spiro atoms. The van der Waals surface area contributed by atoms with Gasteiger partial charge in [0.1, 0.15) is 23.2 Å². The van der Waals surface area contributed by atoms with Crippen molar-refractivity contribution in [2.45, 2.75) is 32.2 Å². The van der Waals surface area contributed by atoms with Crippen molar-refractivity contribution in [3.8, 4) is 11.5 Å². The van der Waals surface area contributed by atoms with E-state index < -0.39 is 11.9 Å². The number of likely N-dealkylation sites (tertiary alicyclic amines) is 1. The Labute approximate surface area is 158 Å². The largest absolute Gasteiger partial charge is 0.573 e. The van der Waals surface area contributed by atoms with Gasteiger partial charge in [0.05, 0.1) is 0 Å². The molecule has 0 saturated carbocycles. The molecule has 1 aromatic carbocycles. The fourth-order valence-electron chi connectivity index (χ4n) is 3.02. The van der Waals surface area contributed by atoms with Crippen molar-refractivity contribution in [1.29, 1.82) is 0 Å². The molecule has 0 aliphatic carbocycles. The van der Waals surface area contributed by atoms with E-state index in [9.17, 15) is 22.8 Å². The Kier molecular flexibility index (Phi) is 5.62. The van der Waals surface area contributed by atoms with Crippen LogP contribution >= 0.6 is 0 Å². The molecule has 2 aromatic rings. The van der Waals surface area contributed by atoms with Gasteiger partial charge < -0.3 is 19.4 Å². The quantitative estimate of drug-likeness (QED) is 0.861. The molecule has 2 heterocycles. The van der Waals surface area contributed by atoms with E-state index in [-0.39, 0.29) is 29.1 Å². The van der Waals surface area contributed by atoms with Crippen molar-refractivity contribution in [2.24, 2.45) is 0 Å². The number of rotatable bonds is 4. The number of halogens is 3. The maximum atomic E-state index is 12.5. The molecule has 1 fully saturated rings. The first-order valence-corrected chi connectivity index (χ1v) is 8.73. The number of aromatic nitrogens is 1. The molecule has 9 heteroatoms. The summed E-state index contributed by atoms with van der Waals surface area (Å²) in [6, 6.07) is 8.51. The number of ether oxygens (including phenoxy) is 2. The van der Waals surface area contributed by atoms with Crippen LogP contribution in [0, 0.1) is 6.92 Å². The average Bonchev–Trinajstić information content (AvgIpc) is 2.61. The summed E-state index contributed by atoms with van der Waals surface area (Å²) in [5.41, 5.74) is 0.331. The number of alkyl halides is 3. The maximum absolute atomic E-state index is 12.5. The first-order chi connectivity index (χ1) is 13.2. The molecule has 1 N–H and O–H groups in total. The molecule has 3 rings (SSSR count). The van der Waals surface area contributed by atoms with Gasteiger partial charge >= 0.3 is 6.36 Å². The molecular weight excluding hydrogens is 377 g/mol. The number of pyridine rings is 1. The van der Waals surface area contributed by atoms with E-state index in [1.54, 1.807) is 24.0 Å². The second kappa shape index (κ2) is 7.95. The summed E-state index contributed by atoms with van der Waals surface area (Å²) in [4.78, 5) is 28.6. The number of piperidine rings is 1. The van der Waals surface area contributed by atoms with E-state index in [0.29, 0.717) is 31.6 Å². The Balaban J connectivity index is 1.58. The molecular formula is C19H19F3N2O4. The summed E-state index contributed by atoms with van der Waals surface area (Å²) >= 11 is 0. The highest BCUT2D eigenvalue weighted by atomic mass is 19.4. The fraction of sp³-hybridized carbons (Fsp3) is 0.368. The monoisotopic (exact) mass is 396 g/mol. The molecule has 0 unspecified atom stereocenters. The molecule has 1 amide bonds. The van der Waals surface area contributed by atoms with Crippen molar-refractivity contribution in [3.63, 3.8) is 0 Å². The lowest BCUT2D eigenvalue weighted by atomic mass is 10.1. The third-order valence-corrected chi connectivity index (χ3v) is 4.36. The van der Waals surface area contributed by atoms with Crippen LogP contribution in [0.5, 0.6) is 11.5 Å². The third-order valence-electron chi connectivity index (χ3n) is 4.36. The number of nitrogens with one attached hydrogen (secondary N) is 1. The lowest BCUT2D eigenvalue weighted by molar-refractivity contribution is -0.274. The van der Waals surface area contributed by atoms with Gasteiger partial charge in [0, 0.05) is 37.7 Å².